The SMILES string of the molecule is Cl.NC1CCC(NC(=O)c2ccc(Oc3ccc(F)c(F)c3)cc2)CC1. The lowest BCUT2D eigenvalue weighted by Crippen LogP contribution is -2.40. The Hall–Kier alpha value is -2.18. The van der Waals surface area contributed by atoms with E-state index in [1.54, 1.807) is 24.3 Å². The van der Waals surface area contributed by atoms with Crippen molar-refractivity contribution in [3.8, 4) is 11.5 Å². The second kappa shape index (κ2) is 8.96. The number of rotatable bonds is 4. The summed E-state index contributed by atoms with van der Waals surface area (Å²) < 4.78 is 31.6. The number of carbonyl (C=O) groups excluding carboxylic acids is 1. The zero-order valence-electron chi connectivity index (χ0n) is 14.1. The van der Waals surface area contributed by atoms with Gasteiger partial charge in [0.25, 0.3) is 5.91 Å². The van der Waals surface area contributed by atoms with Crippen molar-refractivity contribution < 1.29 is 18.3 Å². The molecule has 0 aromatic heterocycles. The normalized spacial score (nSPS) is 19.3. The molecular formula is C19H21ClF2N2O2. The van der Waals surface area contributed by atoms with Gasteiger partial charge < -0.3 is 15.8 Å². The molecule has 0 bridgehead atoms. The molecule has 26 heavy (non-hydrogen) atoms. The van der Waals surface area contributed by atoms with Gasteiger partial charge in [-0.15, -0.1) is 12.4 Å². The third kappa shape index (κ3) is 5.16. The molecule has 0 spiro atoms. The summed E-state index contributed by atoms with van der Waals surface area (Å²) in [6.45, 7) is 0. The number of ether oxygens (including phenoxy) is 1. The molecule has 0 heterocycles. The highest BCUT2D eigenvalue weighted by atomic mass is 35.5. The van der Waals surface area contributed by atoms with E-state index < -0.39 is 11.6 Å². The lowest BCUT2D eigenvalue weighted by Gasteiger charge is -2.26. The van der Waals surface area contributed by atoms with Gasteiger partial charge in [-0.2, -0.15) is 0 Å². The molecule has 0 saturated heterocycles. The third-order valence-electron chi connectivity index (χ3n) is 4.35. The fourth-order valence-corrected chi connectivity index (χ4v) is 2.88. The zero-order chi connectivity index (χ0) is 17.8. The van der Waals surface area contributed by atoms with Crippen LogP contribution in [0.2, 0.25) is 0 Å². The van der Waals surface area contributed by atoms with Gasteiger partial charge in [-0.25, -0.2) is 8.78 Å². The van der Waals surface area contributed by atoms with Crippen LogP contribution in [0.25, 0.3) is 0 Å². The average molecular weight is 383 g/mol. The van der Waals surface area contributed by atoms with Crippen LogP contribution in [0.5, 0.6) is 11.5 Å². The number of amides is 1. The van der Waals surface area contributed by atoms with Gasteiger partial charge >= 0.3 is 0 Å². The molecule has 0 radical (unpaired) electrons. The molecule has 2 aromatic rings. The van der Waals surface area contributed by atoms with Crippen molar-refractivity contribution in [2.45, 2.75) is 37.8 Å². The monoisotopic (exact) mass is 382 g/mol. The van der Waals surface area contributed by atoms with Crippen molar-refractivity contribution in [1.82, 2.24) is 5.32 Å². The standard InChI is InChI=1S/C19H20F2N2O2.ClH/c20-17-10-9-16(11-18(17)21)25-15-7-1-12(2-8-15)19(24)23-14-5-3-13(22)4-6-14;/h1-2,7-11,13-14H,3-6,22H2,(H,23,24);1H. The summed E-state index contributed by atoms with van der Waals surface area (Å²) in [4.78, 5) is 12.3. The van der Waals surface area contributed by atoms with E-state index in [2.05, 4.69) is 5.32 Å². The van der Waals surface area contributed by atoms with Gasteiger partial charge in [0.05, 0.1) is 0 Å². The molecule has 7 heteroatoms. The predicted molar refractivity (Wildman–Crippen MR) is 97.8 cm³/mol. The molecule has 140 valence electrons. The van der Waals surface area contributed by atoms with Gasteiger partial charge in [-0.05, 0) is 62.1 Å². The minimum atomic E-state index is -0.972. The molecule has 3 rings (SSSR count). The Bertz CT molecular complexity index is 748. The van der Waals surface area contributed by atoms with Crippen LogP contribution in [0.4, 0.5) is 8.78 Å². The van der Waals surface area contributed by atoms with Crippen LogP contribution < -0.4 is 15.8 Å². The summed E-state index contributed by atoms with van der Waals surface area (Å²) in [6.07, 6.45) is 3.63. The van der Waals surface area contributed by atoms with Gasteiger partial charge in [0.2, 0.25) is 0 Å². The van der Waals surface area contributed by atoms with Crippen molar-refractivity contribution in [2.75, 3.05) is 0 Å². The smallest absolute Gasteiger partial charge is 0.251 e. The molecule has 0 atom stereocenters. The molecule has 1 saturated carbocycles. The minimum absolute atomic E-state index is 0. The first-order valence-electron chi connectivity index (χ1n) is 8.30. The van der Waals surface area contributed by atoms with E-state index in [0.29, 0.717) is 11.3 Å². The van der Waals surface area contributed by atoms with Crippen LogP contribution in [-0.2, 0) is 0 Å². The average Bonchev–Trinajstić information content (AvgIpc) is 2.61. The Morgan fingerprint density at radius 1 is 0.962 bits per heavy atom. The van der Waals surface area contributed by atoms with Crippen LogP contribution >= 0.6 is 12.4 Å². The molecule has 4 nitrogen and oxygen atoms in total. The van der Waals surface area contributed by atoms with E-state index in [-0.39, 0.29) is 36.1 Å². The number of nitrogens with one attached hydrogen (secondary N) is 1. The Labute approximate surface area is 157 Å². The second-order valence-corrected chi connectivity index (χ2v) is 6.29. The van der Waals surface area contributed by atoms with E-state index >= 15 is 0 Å². The summed E-state index contributed by atoms with van der Waals surface area (Å²) in [6, 6.07) is 10.2. The van der Waals surface area contributed by atoms with Crippen molar-refractivity contribution in [1.29, 1.82) is 0 Å². The maximum Gasteiger partial charge on any atom is 0.251 e. The maximum absolute atomic E-state index is 13.2. The molecule has 1 amide bonds. The van der Waals surface area contributed by atoms with Gasteiger partial charge in [0.1, 0.15) is 11.5 Å². The van der Waals surface area contributed by atoms with Crippen LogP contribution in [0.1, 0.15) is 36.0 Å². The third-order valence-corrected chi connectivity index (χ3v) is 4.35. The summed E-state index contributed by atoms with van der Waals surface area (Å²) in [5.41, 5.74) is 6.39. The Balaban J connectivity index is 0.00000243. The number of benzene rings is 2. The van der Waals surface area contributed by atoms with Crippen molar-refractivity contribution >= 4 is 18.3 Å². The van der Waals surface area contributed by atoms with Crippen LogP contribution in [-0.4, -0.2) is 18.0 Å². The molecule has 1 fully saturated rings. The first kappa shape index (κ1) is 20.1. The molecule has 1 aliphatic rings. The minimum Gasteiger partial charge on any atom is -0.457 e. The largest absolute Gasteiger partial charge is 0.457 e. The van der Waals surface area contributed by atoms with E-state index in [9.17, 15) is 13.6 Å². The van der Waals surface area contributed by atoms with Crippen molar-refractivity contribution in [2.24, 2.45) is 5.73 Å². The first-order valence-corrected chi connectivity index (χ1v) is 8.30. The highest BCUT2D eigenvalue weighted by molar-refractivity contribution is 5.94. The highest BCUT2D eigenvalue weighted by Gasteiger charge is 2.20. The van der Waals surface area contributed by atoms with Gasteiger partial charge in [-0.1, -0.05) is 0 Å². The number of hydrogen-bond donors (Lipinski definition) is 2. The molecular weight excluding hydrogens is 362 g/mol. The molecule has 3 N–H and O–H groups in total. The van der Waals surface area contributed by atoms with E-state index in [4.69, 9.17) is 10.5 Å². The Morgan fingerprint density at radius 3 is 2.19 bits per heavy atom. The summed E-state index contributed by atoms with van der Waals surface area (Å²) in [7, 11) is 0. The summed E-state index contributed by atoms with van der Waals surface area (Å²) in [5.74, 6) is -1.41. The summed E-state index contributed by atoms with van der Waals surface area (Å²) in [5, 5.41) is 3.01. The number of carbonyl (C=O) groups is 1. The van der Waals surface area contributed by atoms with Gasteiger partial charge in [0, 0.05) is 23.7 Å². The maximum atomic E-state index is 13.2. The molecule has 1 aliphatic carbocycles. The van der Waals surface area contributed by atoms with Crippen LogP contribution in [0.3, 0.4) is 0 Å². The van der Waals surface area contributed by atoms with Crippen molar-refractivity contribution in [3.05, 3.63) is 59.7 Å². The fraction of sp³-hybridized carbons (Fsp3) is 0.316. The topological polar surface area (TPSA) is 64.3 Å². The van der Waals surface area contributed by atoms with Gasteiger partial charge in [0.15, 0.2) is 11.6 Å². The van der Waals surface area contributed by atoms with E-state index in [1.165, 1.54) is 6.07 Å². The highest BCUT2D eigenvalue weighted by Crippen LogP contribution is 2.24. The van der Waals surface area contributed by atoms with E-state index in [0.717, 1.165) is 37.8 Å². The summed E-state index contributed by atoms with van der Waals surface area (Å²) >= 11 is 0. The quantitative estimate of drug-likeness (QED) is 0.833. The van der Waals surface area contributed by atoms with Crippen LogP contribution in [0, 0.1) is 11.6 Å². The number of halogens is 3. The molecule has 2 aromatic carbocycles. The lowest BCUT2D eigenvalue weighted by molar-refractivity contribution is 0.0926. The number of hydrogen-bond acceptors (Lipinski definition) is 3. The molecule has 0 unspecified atom stereocenters. The first-order chi connectivity index (χ1) is 12.0. The van der Waals surface area contributed by atoms with Gasteiger partial charge in [-0.3, -0.25) is 4.79 Å². The van der Waals surface area contributed by atoms with Crippen LogP contribution in [0.15, 0.2) is 42.5 Å². The fourth-order valence-electron chi connectivity index (χ4n) is 2.88. The molecule has 0 aliphatic heterocycles. The number of nitrogens with two attached hydrogens (primary N) is 1. The lowest BCUT2D eigenvalue weighted by atomic mass is 9.91. The Morgan fingerprint density at radius 2 is 1.58 bits per heavy atom. The Kier molecular flexibility index (Phi) is 6.94. The second-order valence-electron chi connectivity index (χ2n) is 6.29. The predicted octanol–water partition coefficient (Wildman–Crippen LogP) is 4.18. The van der Waals surface area contributed by atoms with Crippen molar-refractivity contribution in [3.63, 3.8) is 0 Å². The zero-order valence-corrected chi connectivity index (χ0v) is 14.9. The van der Waals surface area contributed by atoms with E-state index in [1.807, 2.05) is 0 Å².